The molecule has 0 amide bonds. The second-order valence-electron chi connectivity index (χ2n) is 11.4. The van der Waals surface area contributed by atoms with Crippen molar-refractivity contribution in [2.75, 3.05) is 19.8 Å². The summed E-state index contributed by atoms with van der Waals surface area (Å²) in [6.07, 6.45) is 10.8. The molecule has 2 atom stereocenters. The van der Waals surface area contributed by atoms with Gasteiger partial charge in [-0.15, -0.1) is 10.2 Å². The van der Waals surface area contributed by atoms with Gasteiger partial charge in [-0.1, -0.05) is 107 Å². The molecule has 45 heavy (non-hydrogen) atoms. The van der Waals surface area contributed by atoms with Crippen LogP contribution in [0.4, 0.5) is 0 Å². The van der Waals surface area contributed by atoms with Crippen molar-refractivity contribution >= 4 is 23.3 Å². The maximum Gasteiger partial charge on any atom is 0.334 e. The lowest BCUT2D eigenvalue weighted by atomic mass is 10.0. The van der Waals surface area contributed by atoms with Crippen LogP contribution in [0.2, 0.25) is 5.02 Å². The van der Waals surface area contributed by atoms with Gasteiger partial charge < -0.3 is 19.7 Å². The summed E-state index contributed by atoms with van der Waals surface area (Å²) in [6, 6.07) is 16.0. The molecule has 2 heterocycles. The monoisotopic (exact) mass is 640 g/mol. The van der Waals surface area contributed by atoms with Crippen LogP contribution in [0.3, 0.4) is 0 Å². The highest BCUT2D eigenvalue weighted by Gasteiger charge is 2.21. The number of hydrogen-bond acceptors (Lipinski definition) is 8. The van der Waals surface area contributed by atoms with E-state index in [9.17, 15) is 4.79 Å². The molecule has 1 aliphatic rings. The van der Waals surface area contributed by atoms with Crippen molar-refractivity contribution in [2.24, 2.45) is 4.99 Å². The third kappa shape index (κ3) is 12.0. The highest BCUT2D eigenvalue weighted by molar-refractivity contribution is 6.31. The lowest BCUT2D eigenvalue weighted by Crippen LogP contribution is -2.29. The highest BCUT2D eigenvalue weighted by atomic mass is 35.5. The number of benzene rings is 2. The van der Waals surface area contributed by atoms with Crippen LogP contribution in [0, 0.1) is 6.92 Å². The van der Waals surface area contributed by atoms with Crippen LogP contribution in [-0.4, -0.2) is 68.7 Å². The van der Waals surface area contributed by atoms with Crippen LogP contribution in [0.1, 0.15) is 101 Å². The summed E-state index contributed by atoms with van der Waals surface area (Å²) < 4.78 is 12.3. The number of halogens is 1. The maximum absolute atomic E-state index is 11.6. The number of carbonyl (C=O) groups excluding carboxylic acids is 1. The first-order valence-corrected chi connectivity index (χ1v) is 16.6. The summed E-state index contributed by atoms with van der Waals surface area (Å²) in [4.78, 5) is 16.4. The van der Waals surface area contributed by atoms with Crippen LogP contribution in [0.25, 0.3) is 5.69 Å². The first-order chi connectivity index (χ1) is 21.8. The van der Waals surface area contributed by atoms with E-state index in [1.165, 1.54) is 51.4 Å². The van der Waals surface area contributed by atoms with Gasteiger partial charge in [-0.25, -0.2) is 4.79 Å². The zero-order chi connectivity index (χ0) is 32.4. The van der Waals surface area contributed by atoms with Gasteiger partial charge in [0.15, 0.2) is 11.9 Å². The molecule has 0 saturated carbocycles. The van der Waals surface area contributed by atoms with E-state index in [1.807, 2.05) is 47.9 Å². The van der Waals surface area contributed by atoms with Gasteiger partial charge in [0.05, 0.1) is 31.2 Å². The van der Waals surface area contributed by atoms with Crippen molar-refractivity contribution in [1.82, 2.24) is 14.8 Å². The number of aryl methyl sites for hydroxylation is 1. The Balaban J connectivity index is 0.000000245. The molecule has 10 heteroatoms. The smallest absolute Gasteiger partial charge is 0.334 e. The van der Waals surface area contributed by atoms with E-state index in [0.717, 1.165) is 47.0 Å². The van der Waals surface area contributed by atoms with Gasteiger partial charge in [0.2, 0.25) is 0 Å². The number of aliphatic hydroxyl groups excluding tert-OH is 2. The molecule has 2 aromatic carbocycles. The SMILES string of the molecule is CCCCCCCCCCCCOC(=O)C(C)OCC(O)CO.Cc1nnc2n1-c1ccc(Cl)cc1C(c1ccccc1)=NC2. The number of esters is 1. The van der Waals surface area contributed by atoms with E-state index in [2.05, 4.69) is 29.3 Å². The van der Waals surface area contributed by atoms with Crippen molar-refractivity contribution < 1.29 is 24.5 Å². The molecule has 0 saturated heterocycles. The first-order valence-electron chi connectivity index (χ1n) is 16.2. The summed E-state index contributed by atoms with van der Waals surface area (Å²) >= 11 is 6.23. The van der Waals surface area contributed by atoms with Crippen molar-refractivity contribution in [3.05, 3.63) is 76.3 Å². The minimum Gasteiger partial charge on any atom is -0.464 e. The molecule has 0 spiro atoms. The van der Waals surface area contributed by atoms with Crippen molar-refractivity contribution in [3.8, 4) is 5.69 Å². The number of aliphatic imine (C=N–C) groups is 1. The molecule has 0 fully saturated rings. The predicted octanol–water partition coefficient (Wildman–Crippen LogP) is 6.79. The summed E-state index contributed by atoms with van der Waals surface area (Å²) in [7, 11) is 0. The molecule has 1 aliphatic heterocycles. The Morgan fingerprint density at radius 2 is 1.64 bits per heavy atom. The number of unbranched alkanes of at least 4 members (excludes halogenated alkanes) is 9. The Labute approximate surface area is 272 Å². The van der Waals surface area contributed by atoms with Gasteiger partial charge in [0.1, 0.15) is 18.5 Å². The van der Waals surface area contributed by atoms with Crippen LogP contribution in [-0.2, 0) is 20.8 Å². The third-order valence-corrected chi connectivity index (χ3v) is 7.83. The number of aromatic nitrogens is 3. The van der Waals surface area contributed by atoms with E-state index in [0.29, 0.717) is 18.2 Å². The van der Waals surface area contributed by atoms with Crippen LogP contribution in [0.15, 0.2) is 53.5 Å². The molecule has 246 valence electrons. The van der Waals surface area contributed by atoms with Crippen LogP contribution >= 0.6 is 11.6 Å². The summed E-state index contributed by atoms with van der Waals surface area (Å²) in [6.45, 7) is 6.25. The Hall–Kier alpha value is -3.11. The van der Waals surface area contributed by atoms with Gasteiger partial charge in [-0.3, -0.25) is 9.56 Å². The molecule has 0 radical (unpaired) electrons. The minimum atomic E-state index is -0.952. The third-order valence-electron chi connectivity index (χ3n) is 7.60. The number of ether oxygens (including phenoxy) is 2. The molecule has 2 unspecified atom stereocenters. The van der Waals surface area contributed by atoms with Crippen LogP contribution in [0.5, 0.6) is 0 Å². The summed E-state index contributed by atoms with van der Waals surface area (Å²) in [5, 5.41) is 26.9. The standard InChI is InChI=1S/C18H36O5.C17H13ClN4/c1-3-4-5-6-7-8-9-10-11-12-13-22-18(21)16(2)23-15-17(20)14-19;1-11-20-21-16-10-19-17(12-5-3-2-4-6-12)14-9-13(18)7-8-15(14)22(11)16/h16-17,19-20H,3-15H2,1-2H3;2-9H,10H2,1H3. The average molecular weight is 641 g/mol. The van der Waals surface area contributed by atoms with Gasteiger partial charge in [-0.05, 0) is 38.5 Å². The molecular weight excluding hydrogens is 592 g/mol. The lowest BCUT2D eigenvalue weighted by molar-refractivity contribution is -0.158. The first kappa shape index (κ1) is 36.4. The van der Waals surface area contributed by atoms with E-state index < -0.39 is 18.2 Å². The number of aliphatic hydroxyl groups is 2. The number of nitrogens with zero attached hydrogens (tertiary/aromatic N) is 4. The Bertz CT molecular complexity index is 1330. The fraction of sp³-hybridized carbons (Fsp3) is 0.543. The normalized spacial score (nSPS) is 13.4. The second-order valence-corrected chi connectivity index (χ2v) is 11.8. The number of hydrogen-bond donors (Lipinski definition) is 2. The van der Waals surface area contributed by atoms with Gasteiger partial charge in [-0.2, -0.15) is 0 Å². The molecule has 2 N–H and O–H groups in total. The average Bonchev–Trinajstić information content (AvgIpc) is 3.33. The quantitative estimate of drug-likeness (QED) is 0.123. The Kier molecular flexibility index (Phi) is 16.2. The fourth-order valence-electron chi connectivity index (χ4n) is 5.05. The number of carbonyl (C=O) groups is 1. The van der Waals surface area contributed by atoms with Crippen molar-refractivity contribution in [1.29, 1.82) is 0 Å². The zero-order valence-electron chi connectivity index (χ0n) is 27.0. The molecular formula is C35H49ClN4O5. The summed E-state index contributed by atoms with van der Waals surface area (Å²) in [5.41, 5.74) is 4.02. The Morgan fingerprint density at radius 1 is 0.978 bits per heavy atom. The highest BCUT2D eigenvalue weighted by Crippen LogP contribution is 2.28. The molecule has 3 aromatic rings. The van der Waals surface area contributed by atoms with Gasteiger partial charge in [0, 0.05) is 16.1 Å². The number of fused-ring (bicyclic) bond motifs is 3. The maximum atomic E-state index is 11.6. The Morgan fingerprint density at radius 3 is 2.31 bits per heavy atom. The second kappa shape index (κ2) is 20.1. The number of rotatable bonds is 17. The van der Waals surface area contributed by atoms with Gasteiger partial charge >= 0.3 is 5.97 Å². The zero-order valence-corrected chi connectivity index (χ0v) is 27.7. The topological polar surface area (TPSA) is 119 Å². The largest absolute Gasteiger partial charge is 0.464 e. The molecule has 0 aliphatic carbocycles. The predicted molar refractivity (Wildman–Crippen MR) is 178 cm³/mol. The molecule has 0 bridgehead atoms. The van der Waals surface area contributed by atoms with Crippen molar-refractivity contribution in [2.45, 2.75) is 104 Å². The van der Waals surface area contributed by atoms with Crippen LogP contribution < -0.4 is 0 Å². The molecule has 9 nitrogen and oxygen atoms in total. The molecule has 4 rings (SSSR count). The van der Waals surface area contributed by atoms with E-state index >= 15 is 0 Å². The van der Waals surface area contributed by atoms with E-state index in [-0.39, 0.29) is 13.2 Å². The molecule has 1 aromatic heterocycles. The van der Waals surface area contributed by atoms with E-state index in [1.54, 1.807) is 6.92 Å². The lowest BCUT2D eigenvalue weighted by Gasteiger charge is -2.14. The van der Waals surface area contributed by atoms with Crippen molar-refractivity contribution in [3.63, 3.8) is 0 Å². The fourth-order valence-corrected chi connectivity index (χ4v) is 5.22. The summed E-state index contributed by atoms with van der Waals surface area (Å²) in [5.74, 6) is 1.28. The minimum absolute atomic E-state index is 0.0645. The van der Waals surface area contributed by atoms with E-state index in [4.69, 9.17) is 36.3 Å². The van der Waals surface area contributed by atoms with Gasteiger partial charge in [0.25, 0.3) is 0 Å².